The summed E-state index contributed by atoms with van der Waals surface area (Å²) in [5.74, 6) is 2.31. The number of nitrogens with one attached hydrogen (secondary N) is 2. The zero-order valence-electron chi connectivity index (χ0n) is 14.3. The molecule has 0 bridgehead atoms. The first-order chi connectivity index (χ1) is 11.8. The first-order valence-corrected chi connectivity index (χ1v) is 9.88. The number of hydrogen-bond donors (Lipinski definition) is 2. The Hall–Kier alpha value is -1.52. The van der Waals surface area contributed by atoms with E-state index >= 15 is 0 Å². The molecule has 1 unspecified atom stereocenters. The third kappa shape index (κ3) is 4.52. The van der Waals surface area contributed by atoms with Gasteiger partial charge in [0, 0.05) is 16.2 Å². The van der Waals surface area contributed by atoms with Crippen LogP contribution in [0.15, 0.2) is 53.1 Å². The van der Waals surface area contributed by atoms with Crippen LogP contribution in [0.4, 0.5) is 0 Å². The van der Waals surface area contributed by atoms with Crippen LogP contribution in [0.5, 0.6) is 0 Å². The van der Waals surface area contributed by atoms with Crippen LogP contribution in [0.25, 0.3) is 0 Å². The molecule has 1 heterocycles. The van der Waals surface area contributed by atoms with Gasteiger partial charge >= 0.3 is 0 Å². The Morgan fingerprint density at radius 1 is 1.42 bits per heavy atom. The Labute approximate surface area is 149 Å². The van der Waals surface area contributed by atoms with Crippen LogP contribution in [0.2, 0.25) is 0 Å². The van der Waals surface area contributed by atoms with Crippen molar-refractivity contribution in [2.24, 2.45) is 11.8 Å². The number of allylic oxidation sites excluding steroid dienone is 3. The average molecular weight is 343 g/mol. The molecule has 128 valence electrons. The molecular weight excluding hydrogens is 316 g/mol. The van der Waals surface area contributed by atoms with E-state index in [2.05, 4.69) is 35.8 Å². The fraction of sp³-hybridized carbons (Fsp3) is 0.450. The molecule has 24 heavy (non-hydrogen) atoms. The molecule has 2 aliphatic rings. The van der Waals surface area contributed by atoms with Crippen LogP contribution in [0.1, 0.15) is 36.5 Å². The van der Waals surface area contributed by atoms with Crippen LogP contribution in [0.3, 0.4) is 0 Å². The standard InChI is InChI=1S/C20H26N2OS/c1-2-24-19-7-3-5-16(13-19)20(23)22-18-10-8-15(9-11-18)17-6-4-12-21-14-17/h3,5,7-8,10-11,13,15,17,21H,2,4,6,9,12,14H2,1H3,(H,22,23)/t15?,17-/m1/s1. The van der Waals surface area contributed by atoms with Crippen molar-refractivity contribution < 1.29 is 4.79 Å². The first kappa shape index (κ1) is 17.3. The molecule has 1 saturated heterocycles. The maximum absolute atomic E-state index is 12.4. The van der Waals surface area contributed by atoms with E-state index in [1.54, 1.807) is 11.8 Å². The molecule has 1 aromatic carbocycles. The number of piperidine rings is 1. The van der Waals surface area contributed by atoms with Crippen LogP contribution >= 0.6 is 11.8 Å². The van der Waals surface area contributed by atoms with Crippen molar-refractivity contribution in [3.05, 3.63) is 53.8 Å². The highest BCUT2D eigenvalue weighted by Gasteiger charge is 2.22. The van der Waals surface area contributed by atoms with Crippen LogP contribution in [-0.4, -0.2) is 24.7 Å². The third-order valence-electron chi connectivity index (χ3n) is 4.74. The summed E-state index contributed by atoms with van der Waals surface area (Å²) >= 11 is 1.75. The molecule has 0 radical (unpaired) electrons. The molecule has 2 N–H and O–H groups in total. The maximum atomic E-state index is 12.4. The number of hydrogen-bond acceptors (Lipinski definition) is 3. The predicted octanol–water partition coefficient (Wildman–Crippen LogP) is 3.99. The number of benzene rings is 1. The Morgan fingerprint density at radius 3 is 3.04 bits per heavy atom. The highest BCUT2D eigenvalue weighted by molar-refractivity contribution is 7.99. The van der Waals surface area contributed by atoms with Gasteiger partial charge in [0.05, 0.1) is 0 Å². The minimum absolute atomic E-state index is 0.0257. The van der Waals surface area contributed by atoms with Gasteiger partial charge in [-0.1, -0.05) is 25.1 Å². The highest BCUT2D eigenvalue weighted by atomic mass is 32.2. The van der Waals surface area contributed by atoms with E-state index in [0.717, 1.165) is 47.3 Å². The second kappa shape index (κ2) is 8.54. The summed E-state index contributed by atoms with van der Waals surface area (Å²) in [6.07, 6.45) is 10.1. The van der Waals surface area contributed by atoms with E-state index in [-0.39, 0.29) is 5.91 Å². The van der Waals surface area contributed by atoms with Gasteiger partial charge in [-0.05, 0) is 74.2 Å². The van der Waals surface area contributed by atoms with Gasteiger partial charge in [0.15, 0.2) is 0 Å². The Kier molecular flexibility index (Phi) is 6.16. The molecule has 0 spiro atoms. The minimum atomic E-state index is -0.0257. The van der Waals surface area contributed by atoms with Gasteiger partial charge in [-0.2, -0.15) is 0 Å². The van der Waals surface area contributed by atoms with E-state index in [1.165, 1.54) is 12.8 Å². The molecule has 1 aromatic rings. The van der Waals surface area contributed by atoms with Crippen molar-refractivity contribution in [3.8, 4) is 0 Å². The number of carbonyl (C=O) groups is 1. The zero-order chi connectivity index (χ0) is 16.8. The van der Waals surface area contributed by atoms with Gasteiger partial charge < -0.3 is 10.6 Å². The number of thioether (sulfide) groups is 1. The van der Waals surface area contributed by atoms with Gasteiger partial charge in [0.2, 0.25) is 0 Å². The highest BCUT2D eigenvalue weighted by Crippen LogP contribution is 2.28. The molecule has 3 nitrogen and oxygen atoms in total. The topological polar surface area (TPSA) is 41.1 Å². The fourth-order valence-corrected chi connectivity index (χ4v) is 4.14. The molecule has 1 fully saturated rings. The zero-order valence-corrected chi connectivity index (χ0v) is 15.1. The summed E-state index contributed by atoms with van der Waals surface area (Å²) in [5.41, 5.74) is 1.65. The Morgan fingerprint density at radius 2 is 2.33 bits per heavy atom. The van der Waals surface area contributed by atoms with Crippen LogP contribution in [0, 0.1) is 11.8 Å². The summed E-state index contributed by atoms with van der Waals surface area (Å²) in [4.78, 5) is 13.6. The molecule has 1 aliphatic carbocycles. The average Bonchev–Trinajstić information content (AvgIpc) is 2.64. The van der Waals surface area contributed by atoms with Crippen molar-refractivity contribution in [2.45, 2.75) is 31.1 Å². The molecule has 0 aromatic heterocycles. The van der Waals surface area contributed by atoms with Gasteiger partial charge in [0.1, 0.15) is 0 Å². The lowest BCUT2D eigenvalue weighted by molar-refractivity contribution is 0.0966. The van der Waals surface area contributed by atoms with E-state index in [0.29, 0.717) is 5.92 Å². The van der Waals surface area contributed by atoms with E-state index in [9.17, 15) is 4.79 Å². The smallest absolute Gasteiger partial charge is 0.255 e. The summed E-state index contributed by atoms with van der Waals surface area (Å²) in [6, 6.07) is 7.84. The first-order valence-electron chi connectivity index (χ1n) is 8.89. The van der Waals surface area contributed by atoms with Gasteiger partial charge in [-0.25, -0.2) is 0 Å². The second-order valence-electron chi connectivity index (χ2n) is 6.44. The minimum Gasteiger partial charge on any atom is -0.322 e. The van der Waals surface area contributed by atoms with E-state index < -0.39 is 0 Å². The van der Waals surface area contributed by atoms with E-state index in [4.69, 9.17) is 0 Å². The monoisotopic (exact) mass is 342 g/mol. The van der Waals surface area contributed by atoms with Gasteiger partial charge in [0.25, 0.3) is 5.91 Å². The second-order valence-corrected chi connectivity index (χ2v) is 7.78. The Balaban J connectivity index is 1.56. The largest absolute Gasteiger partial charge is 0.322 e. The molecule has 1 amide bonds. The molecule has 4 heteroatoms. The van der Waals surface area contributed by atoms with E-state index in [1.807, 2.05) is 24.3 Å². The third-order valence-corrected chi connectivity index (χ3v) is 5.61. The number of carbonyl (C=O) groups excluding carboxylic acids is 1. The summed E-state index contributed by atoms with van der Waals surface area (Å²) in [6.45, 7) is 4.39. The summed E-state index contributed by atoms with van der Waals surface area (Å²) in [7, 11) is 0. The molecule has 2 atom stereocenters. The normalized spacial score (nSPS) is 23.6. The lowest BCUT2D eigenvalue weighted by Gasteiger charge is -2.30. The molecular formula is C20H26N2OS. The van der Waals surface area contributed by atoms with Crippen molar-refractivity contribution in [1.82, 2.24) is 10.6 Å². The number of amides is 1. The van der Waals surface area contributed by atoms with Crippen molar-refractivity contribution in [1.29, 1.82) is 0 Å². The van der Waals surface area contributed by atoms with Crippen molar-refractivity contribution >= 4 is 17.7 Å². The lowest BCUT2D eigenvalue weighted by atomic mass is 9.82. The van der Waals surface area contributed by atoms with Crippen LogP contribution in [-0.2, 0) is 0 Å². The fourth-order valence-electron chi connectivity index (χ4n) is 3.42. The van der Waals surface area contributed by atoms with Gasteiger partial charge in [-0.3, -0.25) is 4.79 Å². The molecule has 3 rings (SSSR count). The summed E-state index contributed by atoms with van der Waals surface area (Å²) < 4.78 is 0. The van der Waals surface area contributed by atoms with Crippen molar-refractivity contribution in [2.75, 3.05) is 18.8 Å². The molecule has 0 saturated carbocycles. The predicted molar refractivity (Wildman–Crippen MR) is 101 cm³/mol. The maximum Gasteiger partial charge on any atom is 0.255 e. The van der Waals surface area contributed by atoms with Gasteiger partial charge in [-0.15, -0.1) is 11.8 Å². The number of rotatable bonds is 5. The quantitative estimate of drug-likeness (QED) is 0.795. The van der Waals surface area contributed by atoms with Crippen molar-refractivity contribution in [3.63, 3.8) is 0 Å². The SMILES string of the molecule is CCSc1cccc(C(=O)NC2=CCC([C@@H]3CCCNC3)C=C2)c1. The Bertz CT molecular complexity index is 632. The lowest BCUT2D eigenvalue weighted by Crippen LogP contribution is -2.34. The summed E-state index contributed by atoms with van der Waals surface area (Å²) in [5, 5.41) is 6.52. The van der Waals surface area contributed by atoms with Crippen LogP contribution < -0.4 is 10.6 Å². The molecule has 1 aliphatic heterocycles.